The quantitative estimate of drug-likeness (QED) is 0.406. The third-order valence-electron chi connectivity index (χ3n) is 1.37. The number of hydrogen-bond donors (Lipinski definition) is 3. The molecule has 1 rings (SSSR count). The summed E-state index contributed by atoms with van der Waals surface area (Å²) in [7, 11) is 0. The lowest BCUT2D eigenvalue weighted by Crippen LogP contribution is -2.31. The zero-order chi connectivity index (χ0) is 10.7. The molecule has 1 amide bonds. The highest BCUT2D eigenvalue weighted by molar-refractivity contribution is 9.11. The van der Waals surface area contributed by atoms with Crippen molar-refractivity contribution in [2.45, 2.75) is 0 Å². The summed E-state index contributed by atoms with van der Waals surface area (Å²) in [6.45, 7) is 0. The Kier molecular flexibility index (Phi) is 3.58. The number of nitrogens with two attached hydrogens (primary N) is 2. The van der Waals surface area contributed by atoms with Crippen molar-refractivity contribution in [2.75, 3.05) is 0 Å². The summed E-state index contributed by atoms with van der Waals surface area (Å²) in [4.78, 5) is 26.4. The van der Waals surface area contributed by atoms with Gasteiger partial charge in [-0.15, -0.1) is 11.3 Å². The van der Waals surface area contributed by atoms with E-state index < -0.39 is 11.9 Å². The fourth-order valence-electron chi connectivity index (χ4n) is 0.813. The van der Waals surface area contributed by atoms with Gasteiger partial charge in [0.15, 0.2) is 0 Å². The van der Waals surface area contributed by atoms with Crippen LogP contribution in [0.2, 0.25) is 0 Å². The second kappa shape index (κ2) is 4.51. The van der Waals surface area contributed by atoms with Crippen LogP contribution in [0.3, 0.4) is 0 Å². The predicted octanol–water partition coefficient (Wildman–Crippen LogP) is 0.145. The zero-order valence-corrected chi connectivity index (χ0v) is 9.15. The number of rotatable bonds is 2. The molecular weight excluding hydrogens is 274 g/mol. The van der Waals surface area contributed by atoms with E-state index in [-0.39, 0.29) is 10.4 Å². The molecule has 0 aliphatic heterocycles. The van der Waals surface area contributed by atoms with Crippen molar-refractivity contribution in [3.05, 3.63) is 20.3 Å². The Balaban J connectivity index is 3.15. The van der Waals surface area contributed by atoms with Crippen molar-refractivity contribution >= 4 is 39.1 Å². The maximum absolute atomic E-state index is 11.2. The van der Waals surface area contributed by atoms with E-state index in [2.05, 4.69) is 20.8 Å². The van der Waals surface area contributed by atoms with Crippen molar-refractivity contribution in [3.8, 4) is 0 Å². The Hall–Kier alpha value is -0.960. The summed E-state index contributed by atoms with van der Waals surface area (Å²) < 4.78 is 0.608. The summed E-state index contributed by atoms with van der Waals surface area (Å²) in [6.07, 6.45) is 0. The summed E-state index contributed by atoms with van der Waals surface area (Å²) in [5.41, 5.74) is 2.04. The SMILES string of the molecule is NNC(=O)c1cc(Br)sc1C(=O)ON. The van der Waals surface area contributed by atoms with Gasteiger partial charge in [-0.3, -0.25) is 10.2 Å². The molecular formula is C6H6BrN3O3S. The van der Waals surface area contributed by atoms with Gasteiger partial charge in [-0.2, -0.15) is 5.90 Å². The molecule has 0 fully saturated rings. The number of carbonyl (C=O) groups excluding carboxylic acids is 2. The zero-order valence-electron chi connectivity index (χ0n) is 6.74. The molecule has 0 aromatic carbocycles. The van der Waals surface area contributed by atoms with Crippen LogP contribution in [0.15, 0.2) is 9.85 Å². The molecule has 5 N–H and O–H groups in total. The maximum Gasteiger partial charge on any atom is 0.367 e. The number of thiophene rings is 1. The normalized spacial score (nSPS) is 9.64. The molecule has 1 aromatic heterocycles. The second-order valence-corrected chi connectivity index (χ2v) is 4.60. The lowest BCUT2D eigenvalue weighted by Gasteiger charge is -1.98. The Labute approximate surface area is 91.3 Å². The van der Waals surface area contributed by atoms with Crippen LogP contribution in [0.4, 0.5) is 0 Å². The Morgan fingerprint density at radius 2 is 2.21 bits per heavy atom. The highest BCUT2D eigenvalue weighted by Gasteiger charge is 2.21. The molecule has 0 radical (unpaired) electrons. The first-order valence-corrected chi connectivity index (χ1v) is 4.92. The van der Waals surface area contributed by atoms with Gasteiger partial charge in [0, 0.05) is 0 Å². The van der Waals surface area contributed by atoms with Crippen molar-refractivity contribution in [2.24, 2.45) is 11.7 Å². The number of hydrogen-bond acceptors (Lipinski definition) is 6. The molecule has 0 spiro atoms. The van der Waals surface area contributed by atoms with Crippen LogP contribution in [0.1, 0.15) is 20.0 Å². The van der Waals surface area contributed by atoms with Gasteiger partial charge in [-0.1, -0.05) is 0 Å². The highest BCUT2D eigenvalue weighted by Crippen LogP contribution is 2.27. The third kappa shape index (κ3) is 2.10. The summed E-state index contributed by atoms with van der Waals surface area (Å²) in [6, 6.07) is 1.46. The van der Waals surface area contributed by atoms with Gasteiger partial charge >= 0.3 is 5.97 Å². The number of halogens is 1. The third-order valence-corrected chi connectivity index (χ3v) is 2.99. The largest absolute Gasteiger partial charge is 0.369 e. The van der Waals surface area contributed by atoms with E-state index in [0.717, 1.165) is 11.3 Å². The highest BCUT2D eigenvalue weighted by atomic mass is 79.9. The predicted molar refractivity (Wildman–Crippen MR) is 53.3 cm³/mol. The van der Waals surface area contributed by atoms with Crippen LogP contribution in [-0.4, -0.2) is 11.9 Å². The topological polar surface area (TPSA) is 107 Å². The summed E-state index contributed by atoms with van der Waals surface area (Å²) in [5, 5.41) is 0. The second-order valence-electron chi connectivity index (χ2n) is 2.17. The van der Waals surface area contributed by atoms with Crippen LogP contribution in [0.5, 0.6) is 0 Å². The molecule has 0 atom stereocenters. The lowest BCUT2D eigenvalue weighted by atomic mass is 10.2. The number of nitrogen functional groups attached to an aromatic ring is 1. The van der Waals surface area contributed by atoms with Gasteiger partial charge in [0.05, 0.1) is 9.35 Å². The summed E-state index contributed by atoms with van der Waals surface area (Å²) in [5.74, 6) is 8.28. The van der Waals surface area contributed by atoms with Gasteiger partial charge in [0.1, 0.15) is 4.88 Å². The molecule has 6 nitrogen and oxygen atoms in total. The van der Waals surface area contributed by atoms with E-state index in [0.29, 0.717) is 3.79 Å². The average Bonchev–Trinajstić information content (AvgIpc) is 2.58. The van der Waals surface area contributed by atoms with Crippen LogP contribution >= 0.6 is 27.3 Å². The number of carbonyl (C=O) groups is 2. The summed E-state index contributed by atoms with van der Waals surface area (Å²) >= 11 is 4.16. The van der Waals surface area contributed by atoms with Crippen molar-refractivity contribution in [1.82, 2.24) is 5.43 Å². The molecule has 0 saturated carbocycles. The molecule has 8 heteroatoms. The Morgan fingerprint density at radius 3 is 2.71 bits per heavy atom. The van der Waals surface area contributed by atoms with E-state index in [4.69, 9.17) is 11.7 Å². The minimum absolute atomic E-state index is 0.0994. The molecule has 0 aliphatic rings. The van der Waals surface area contributed by atoms with Crippen LogP contribution < -0.4 is 17.2 Å². The fraction of sp³-hybridized carbons (Fsp3) is 0. The molecule has 76 valence electrons. The van der Waals surface area contributed by atoms with Gasteiger partial charge in [-0.25, -0.2) is 10.6 Å². The fourth-order valence-corrected chi connectivity index (χ4v) is 2.29. The molecule has 0 aliphatic carbocycles. The average molecular weight is 280 g/mol. The van der Waals surface area contributed by atoms with E-state index >= 15 is 0 Å². The molecule has 1 aromatic rings. The monoisotopic (exact) mass is 279 g/mol. The maximum atomic E-state index is 11.2. The van der Waals surface area contributed by atoms with Crippen molar-refractivity contribution in [3.63, 3.8) is 0 Å². The molecule has 0 saturated heterocycles. The van der Waals surface area contributed by atoms with E-state index in [9.17, 15) is 9.59 Å². The van der Waals surface area contributed by atoms with Crippen LogP contribution in [0.25, 0.3) is 0 Å². The Bertz CT molecular complexity index is 345. The van der Waals surface area contributed by atoms with Crippen LogP contribution in [-0.2, 0) is 4.84 Å². The van der Waals surface area contributed by atoms with Crippen LogP contribution in [0, 0.1) is 0 Å². The first kappa shape index (κ1) is 11.1. The molecule has 0 unspecified atom stereocenters. The van der Waals surface area contributed by atoms with Gasteiger partial charge < -0.3 is 4.84 Å². The minimum atomic E-state index is -0.778. The number of nitrogens with one attached hydrogen (secondary N) is 1. The number of hydrazine groups is 1. The number of amides is 1. The first-order valence-electron chi connectivity index (χ1n) is 3.31. The minimum Gasteiger partial charge on any atom is -0.369 e. The standard InChI is InChI=1S/C6H6BrN3O3S/c7-3-1-2(5(11)10-8)4(14-3)6(12)13-9/h1H,8-9H2,(H,10,11). The van der Waals surface area contributed by atoms with E-state index in [1.165, 1.54) is 6.07 Å². The smallest absolute Gasteiger partial charge is 0.367 e. The van der Waals surface area contributed by atoms with Gasteiger partial charge in [0.2, 0.25) is 0 Å². The van der Waals surface area contributed by atoms with Crippen molar-refractivity contribution in [1.29, 1.82) is 0 Å². The molecule has 0 bridgehead atoms. The van der Waals surface area contributed by atoms with E-state index in [1.54, 1.807) is 0 Å². The van der Waals surface area contributed by atoms with Gasteiger partial charge in [-0.05, 0) is 22.0 Å². The molecule has 1 heterocycles. The first-order chi connectivity index (χ1) is 6.60. The lowest BCUT2D eigenvalue weighted by molar-refractivity contribution is 0.0506. The molecule has 14 heavy (non-hydrogen) atoms. The van der Waals surface area contributed by atoms with Gasteiger partial charge in [0.25, 0.3) is 5.91 Å². The van der Waals surface area contributed by atoms with Crippen molar-refractivity contribution < 1.29 is 14.4 Å². The van der Waals surface area contributed by atoms with E-state index in [1.807, 2.05) is 5.43 Å². The Morgan fingerprint density at radius 1 is 1.57 bits per heavy atom.